The van der Waals surface area contributed by atoms with E-state index < -0.39 is 0 Å². The molecule has 2 aliphatic heterocycles. The molecule has 7 nitrogen and oxygen atoms in total. The highest BCUT2D eigenvalue weighted by atomic mass is 35.5. The number of nitrogens with one attached hydrogen (secondary N) is 1. The molecule has 28 heavy (non-hydrogen) atoms. The maximum atomic E-state index is 13.2. The number of aromatic nitrogens is 3. The molecular weight excluding hydrogens is 378 g/mol. The molecular formula is C20H22ClN5O2. The lowest BCUT2D eigenvalue weighted by atomic mass is 9.55. The van der Waals surface area contributed by atoms with Gasteiger partial charge in [0.2, 0.25) is 11.8 Å². The second-order valence-electron chi connectivity index (χ2n) is 8.18. The van der Waals surface area contributed by atoms with Gasteiger partial charge in [0.05, 0.1) is 36.8 Å². The molecule has 8 heteroatoms. The highest BCUT2D eigenvalue weighted by Gasteiger charge is 2.57. The Labute approximate surface area is 168 Å². The number of nitrogens with zero attached hydrogens (tertiary/aromatic N) is 4. The molecule has 2 aromatic rings. The Balaban J connectivity index is 1.37. The zero-order chi connectivity index (χ0) is 19.3. The minimum Gasteiger partial charge on any atom is -0.481 e. The monoisotopic (exact) mass is 399 g/mol. The first-order valence-electron chi connectivity index (χ1n) is 9.64. The molecule has 4 heterocycles. The fraction of sp³-hybridized carbons (Fsp3) is 0.500. The van der Waals surface area contributed by atoms with Gasteiger partial charge in [-0.3, -0.25) is 4.79 Å². The Bertz CT molecular complexity index is 872. The first kappa shape index (κ1) is 17.7. The van der Waals surface area contributed by atoms with Gasteiger partial charge in [-0.1, -0.05) is 11.6 Å². The summed E-state index contributed by atoms with van der Waals surface area (Å²) in [5, 5.41) is 3.29. The van der Waals surface area contributed by atoms with Crippen LogP contribution in [0, 0.1) is 11.3 Å². The van der Waals surface area contributed by atoms with Gasteiger partial charge >= 0.3 is 0 Å². The Morgan fingerprint density at radius 3 is 2.54 bits per heavy atom. The summed E-state index contributed by atoms with van der Waals surface area (Å²) in [5.74, 6) is 1.74. The highest BCUT2D eigenvalue weighted by molar-refractivity contribution is 6.29. The average molecular weight is 400 g/mol. The Morgan fingerprint density at radius 2 is 1.93 bits per heavy atom. The van der Waals surface area contributed by atoms with Crippen molar-refractivity contribution in [2.75, 3.05) is 17.3 Å². The third kappa shape index (κ3) is 2.89. The minimum absolute atomic E-state index is 0.0658. The fourth-order valence-corrected chi connectivity index (χ4v) is 5.69. The van der Waals surface area contributed by atoms with Crippen LogP contribution in [0.5, 0.6) is 5.88 Å². The first-order chi connectivity index (χ1) is 13.6. The summed E-state index contributed by atoms with van der Waals surface area (Å²) >= 11 is 5.79. The van der Waals surface area contributed by atoms with Crippen LogP contribution in [0.4, 0.5) is 11.5 Å². The maximum absolute atomic E-state index is 13.2. The van der Waals surface area contributed by atoms with Crippen molar-refractivity contribution in [1.29, 1.82) is 0 Å². The Morgan fingerprint density at radius 1 is 1.14 bits per heavy atom. The zero-order valence-electron chi connectivity index (χ0n) is 15.6. The average Bonchev–Trinajstić information content (AvgIpc) is 2.69. The predicted octanol–water partition coefficient (Wildman–Crippen LogP) is 3.31. The van der Waals surface area contributed by atoms with E-state index >= 15 is 0 Å². The molecule has 2 atom stereocenters. The van der Waals surface area contributed by atoms with Gasteiger partial charge in [0.1, 0.15) is 5.15 Å². The van der Waals surface area contributed by atoms with Gasteiger partial charge in [0, 0.05) is 18.2 Å². The lowest BCUT2D eigenvalue weighted by Gasteiger charge is -2.61. The summed E-state index contributed by atoms with van der Waals surface area (Å²) in [6.07, 6.45) is 9.80. The van der Waals surface area contributed by atoms with Crippen molar-refractivity contribution in [3.63, 3.8) is 0 Å². The molecule has 2 unspecified atom stereocenters. The SMILES string of the molecule is COc1ccc(N2C3CC4CC2CC(C(=O)Nc2cnc(Cl)cn2)(C4)C3)cn1. The predicted molar refractivity (Wildman–Crippen MR) is 106 cm³/mol. The van der Waals surface area contributed by atoms with E-state index in [0.29, 0.717) is 34.9 Å². The number of ether oxygens (including phenoxy) is 1. The molecule has 4 fully saturated rings. The van der Waals surface area contributed by atoms with Crippen molar-refractivity contribution < 1.29 is 9.53 Å². The summed E-state index contributed by atoms with van der Waals surface area (Å²) in [6.45, 7) is 0. The van der Waals surface area contributed by atoms with Gasteiger partial charge in [-0.25, -0.2) is 15.0 Å². The number of halogens is 1. The summed E-state index contributed by atoms with van der Waals surface area (Å²) < 4.78 is 5.18. The molecule has 1 amide bonds. The van der Waals surface area contributed by atoms with Crippen molar-refractivity contribution in [3.8, 4) is 5.88 Å². The lowest BCUT2D eigenvalue weighted by Crippen LogP contribution is -2.64. The van der Waals surface area contributed by atoms with Crippen LogP contribution >= 0.6 is 11.6 Å². The van der Waals surface area contributed by atoms with Gasteiger partial charge in [0.15, 0.2) is 5.82 Å². The van der Waals surface area contributed by atoms with Crippen molar-refractivity contribution in [2.24, 2.45) is 11.3 Å². The zero-order valence-corrected chi connectivity index (χ0v) is 16.4. The van der Waals surface area contributed by atoms with Crippen LogP contribution in [0.2, 0.25) is 5.15 Å². The Hall–Kier alpha value is -2.41. The number of pyridine rings is 1. The normalized spacial score (nSPS) is 30.4. The van der Waals surface area contributed by atoms with Gasteiger partial charge in [-0.2, -0.15) is 0 Å². The van der Waals surface area contributed by atoms with E-state index in [2.05, 4.69) is 31.2 Å². The minimum atomic E-state index is -0.325. The summed E-state index contributed by atoms with van der Waals surface area (Å²) in [7, 11) is 1.62. The van der Waals surface area contributed by atoms with E-state index in [-0.39, 0.29) is 11.3 Å². The van der Waals surface area contributed by atoms with Gasteiger partial charge in [0.25, 0.3) is 0 Å². The lowest BCUT2D eigenvalue weighted by molar-refractivity contribution is -0.134. The standard InChI is InChI=1S/C20H22ClN5O2/c1-28-18-3-2-13(9-24-18)26-14-4-12-5-15(26)8-20(6-12,7-14)19(27)25-17-11-22-16(21)10-23-17/h2-3,9-12,14-15H,4-8H2,1H3,(H,23,25,27). The largest absolute Gasteiger partial charge is 0.481 e. The quantitative estimate of drug-likeness (QED) is 0.849. The fourth-order valence-electron chi connectivity index (χ4n) is 5.60. The number of carbonyl (C=O) groups excluding carboxylic acids is 1. The van der Waals surface area contributed by atoms with Crippen LogP contribution < -0.4 is 15.0 Å². The molecule has 0 aromatic carbocycles. The first-order valence-corrected chi connectivity index (χ1v) is 10.0. The highest BCUT2D eigenvalue weighted by Crippen LogP contribution is 2.57. The topological polar surface area (TPSA) is 80.2 Å². The smallest absolute Gasteiger partial charge is 0.231 e. The second kappa shape index (κ2) is 6.58. The molecule has 4 aliphatic rings. The van der Waals surface area contributed by atoms with Crippen molar-refractivity contribution >= 4 is 29.0 Å². The summed E-state index contributed by atoms with van der Waals surface area (Å²) in [6, 6.07) is 4.71. The van der Waals surface area contributed by atoms with Crippen LogP contribution in [0.15, 0.2) is 30.7 Å². The summed E-state index contributed by atoms with van der Waals surface area (Å²) in [5.41, 5.74) is 0.794. The van der Waals surface area contributed by atoms with E-state index in [1.807, 2.05) is 12.3 Å². The van der Waals surface area contributed by atoms with E-state index in [4.69, 9.17) is 16.3 Å². The van der Waals surface area contributed by atoms with Crippen molar-refractivity contribution in [2.45, 2.75) is 44.2 Å². The third-order valence-electron chi connectivity index (χ3n) is 6.50. The molecule has 2 aromatic heterocycles. The van der Waals surface area contributed by atoms with Crippen molar-refractivity contribution in [1.82, 2.24) is 15.0 Å². The van der Waals surface area contributed by atoms with Crippen LogP contribution in [-0.2, 0) is 4.79 Å². The van der Waals surface area contributed by atoms with Crippen LogP contribution in [-0.4, -0.2) is 40.1 Å². The van der Waals surface area contributed by atoms with Gasteiger partial charge < -0.3 is 15.0 Å². The van der Waals surface area contributed by atoms with Crippen LogP contribution in [0.1, 0.15) is 32.1 Å². The number of amides is 1. The molecule has 1 N–H and O–H groups in total. The summed E-state index contributed by atoms with van der Waals surface area (Å²) in [4.78, 5) is 28.3. The van der Waals surface area contributed by atoms with Gasteiger partial charge in [-0.15, -0.1) is 0 Å². The molecule has 146 valence electrons. The van der Waals surface area contributed by atoms with E-state index in [1.54, 1.807) is 7.11 Å². The van der Waals surface area contributed by atoms with E-state index in [9.17, 15) is 4.79 Å². The number of anilines is 2. The number of hydrogen-bond donors (Lipinski definition) is 1. The Kier molecular flexibility index (Phi) is 4.16. The maximum Gasteiger partial charge on any atom is 0.231 e. The molecule has 2 aliphatic carbocycles. The number of hydrogen-bond acceptors (Lipinski definition) is 6. The number of methoxy groups -OCH3 is 1. The number of carbonyl (C=O) groups is 1. The van der Waals surface area contributed by atoms with E-state index in [1.165, 1.54) is 12.4 Å². The molecule has 4 bridgehead atoms. The third-order valence-corrected chi connectivity index (χ3v) is 6.70. The number of rotatable bonds is 4. The van der Waals surface area contributed by atoms with Crippen LogP contribution in [0.25, 0.3) is 0 Å². The van der Waals surface area contributed by atoms with E-state index in [0.717, 1.165) is 37.8 Å². The molecule has 2 saturated carbocycles. The molecule has 2 saturated heterocycles. The van der Waals surface area contributed by atoms with Gasteiger partial charge in [-0.05, 0) is 44.1 Å². The van der Waals surface area contributed by atoms with Crippen LogP contribution in [0.3, 0.4) is 0 Å². The molecule has 6 rings (SSSR count). The second-order valence-corrected chi connectivity index (χ2v) is 8.57. The van der Waals surface area contributed by atoms with Crippen molar-refractivity contribution in [3.05, 3.63) is 35.9 Å². The molecule has 0 spiro atoms. The molecule has 0 radical (unpaired) electrons. The number of piperidine rings is 2.